The molecular formula is C21H21N3O3. The van der Waals surface area contributed by atoms with E-state index in [-0.39, 0.29) is 30.1 Å². The molecule has 0 radical (unpaired) electrons. The maximum Gasteiger partial charge on any atom is 0.251 e. The average molecular weight is 363 g/mol. The Kier molecular flexibility index (Phi) is 4.73. The summed E-state index contributed by atoms with van der Waals surface area (Å²) in [4.78, 5) is 35.3. The summed E-state index contributed by atoms with van der Waals surface area (Å²) < 4.78 is 0. The molecule has 2 heterocycles. The average Bonchev–Trinajstić information content (AvgIpc) is 3.25. The second-order valence-corrected chi connectivity index (χ2v) is 7.10. The fourth-order valence-electron chi connectivity index (χ4n) is 3.59. The standard InChI is InChI=1S/C21H21N3O3/c25-19-9-17(21(27)24-19)7-13-1-4-15(5-2-13)20(26)23-10-14-3-6-16-11-22-12-18(16)8-14/h1-6,8,17,22H,7,9-12H2,(H,23,26)(H,24,25,27). The van der Waals surface area contributed by atoms with Crippen LogP contribution in [-0.4, -0.2) is 17.7 Å². The molecule has 0 aliphatic carbocycles. The topological polar surface area (TPSA) is 87.3 Å². The lowest BCUT2D eigenvalue weighted by atomic mass is 9.97. The number of carbonyl (C=O) groups excluding carboxylic acids is 3. The number of hydrogen-bond acceptors (Lipinski definition) is 4. The monoisotopic (exact) mass is 363 g/mol. The fraction of sp³-hybridized carbons (Fsp3) is 0.286. The van der Waals surface area contributed by atoms with Crippen LogP contribution in [0.25, 0.3) is 0 Å². The molecule has 1 atom stereocenters. The van der Waals surface area contributed by atoms with Crippen molar-refractivity contribution in [3.05, 3.63) is 70.3 Å². The first-order valence-electron chi connectivity index (χ1n) is 9.11. The van der Waals surface area contributed by atoms with Gasteiger partial charge in [0.05, 0.1) is 5.92 Å². The number of hydrogen-bond donors (Lipinski definition) is 3. The van der Waals surface area contributed by atoms with Gasteiger partial charge in [-0.05, 0) is 40.8 Å². The molecule has 0 bridgehead atoms. The number of imide groups is 1. The van der Waals surface area contributed by atoms with E-state index in [1.54, 1.807) is 12.1 Å². The normalized spacial score (nSPS) is 18.3. The molecule has 2 aromatic carbocycles. The molecule has 3 N–H and O–H groups in total. The van der Waals surface area contributed by atoms with E-state index < -0.39 is 0 Å². The minimum Gasteiger partial charge on any atom is -0.348 e. The van der Waals surface area contributed by atoms with E-state index >= 15 is 0 Å². The van der Waals surface area contributed by atoms with Gasteiger partial charge in [0.2, 0.25) is 11.8 Å². The third-order valence-electron chi connectivity index (χ3n) is 5.12. The first-order valence-corrected chi connectivity index (χ1v) is 9.11. The summed E-state index contributed by atoms with van der Waals surface area (Å²) >= 11 is 0. The van der Waals surface area contributed by atoms with Crippen molar-refractivity contribution in [1.29, 1.82) is 0 Å². The third-order valence-corrected chi connectivity index (χ3v) is 5.12. The van der Waals surface area contributed by atoms with Gasteiger partial charge in [0, 0.05) is 31.6 Å². The van der Waals surface area contributed by atoms with Gasteiger partial charge in [-0.25, -0.2) is 0 Å². The predicted molar refractivity (Wildman–Crippen MR) is 99.6 cm³/mol. The lowest BCUT2D eigenvalue weighted by Crippen LogP contribution is -2.23. The summed E-state index contributed by atoms with van der Waals surface area (Å²) in [7, 11) is 0. The van der Waals surface area contributed by atoms with E-state index in [0.29, 0.717) is 18.5 Å². The van der Waals surface area contributed by atoms with Crippen LogP contribution in [0.1, 0.15) is 39.0 Å². The highest BCUT2D eigenvalue weighted by atomic mass is 16.2. The van der Waals surface area contributed by atoms with Crippen LogP contribution >= 0.6 is 0 Å². The predicted octanol–water partition coefficient (Wildman–Crippen LogP) is 1.42. The summed E-state index contributed by atoms with van der Waals surface area (Å²) in [6.45, 7) is 2.27. The van der Waals surface area contributed by atoms with Crippen molar-refractivity contribution in [3.63, 3.8) is 0 Å². The van der Waals surface area contributed by atoms with Gasteiger partial charge in [0.1, 0.15) is 0 Å². The lowest BCUT2D eigenvalue weighted by Gasteiger charge is -2.09. The molecule has 2 aliphatic rings. The van der Waals surface area contributed by atoms with Crippen molar-refractivity contribution in [2.24, 2.45) is 5.92 Å². The molecule has 3 amide bonds. The van der Waals surface area contributed by atoms with Gasteiger partial charge in [-0.2, -0.15) is 0 Å². The first-order chi connectivity index (χ1) is 13.1. The third kappa shape index (κ3) is 3.90. The number of fused-ring (bicyclic) bond motifs is 1. The van der Waals surface area contributed by atoms with Crippen molar-refractivity contribution in [1.82, 2.24) is 16.0 Å². The van der Waals surface area contributed by atoms with Gasteiger partial charge in [0.25, 0.3) is 5.91 Å². The van der Waals surface area contributed by atoms with E-state index in [9.17, 15) is 14.4 Å². The van der Waals surface area contributed by atoms with Gasteiger partial charge in [-0.15, -0.1) is 0 Å². The second kappa shape index (κ2) is 7.32. The smallest absolute Gasteiger partial charge is 0.251 e. The van der Waals surface area contributed by atoms with Crippen LogP contribution in [0.15, 0.2) is 42.5 Å². The molecule has 1 fully saturated rings. The Balaban J connectivity index is 1.34. The van der Waals surface area contributed by atoms with Crippen molar-refractivity contribution in [2.45, 2.75) is 32.5 Å². The Morgan fingerprint density at radius 3 is 2.48 bits per heavy atom. The molecule has 0 saturated carbocycles. The molecule has 1 unspecified atom stereocenters. The molecule has 6 heteroatoms. The molecular weight excluding hydrogens is 342 g/mol. The zero-order chi connectivity index (χ0) is 18.8. The molecule has 2 aromatic rings. The van der Waals surface area contributed by atoms with Gasteiger partial charge < -0.3 is 10.6 Å². The van der Waals surface area contributed by atoms with E-state index in [0.717, 1.165) is 24.2 Å². The Labute approximate surface area is 157 Å². The molecule has 138 valence electrons. The van der Waals surface area contributed by atoms with Crippen molar-refractivity contribution in [2.75, 3.05) is 0 Å². The van der Waals surface area contributed by atoms with E-state index in [1.807, 2.05) is 18.2 Å². The number of amides is 3. The van der Waals surface area contributed by atoms with Crippen LogP contribution in [0.5, 0.6) is 0 Å². The Hall–Kier alpha value is -2.99. The molecule has 27 heavy (non-hydrogen) atoms. The fourth-order valence-corrected chi connectivity index (χ4v) is 3.59. The van der Waals surface area contributed by atoms with Gasteiger partial charge in [0.15, 0.2) is 0 Å². The summed E-state index contributed by atoms with van der Waals surface area (Å²) in [6.07, 6.45) is 0.736. The van der Waals surface area contributed by atoms with E-state index in [1.165, 1.54) is 11.1 Å². The Bertz CT molecular complexity index is 905. The minimum absolute atomic E-state index is 0.131. The van der Waals surface area contributed by atoms with Crippen LogP contribution in [0, 0.1) is 5.92 Å². The van der Waals surface area contributed by atoms with Crippen molar-refractivity contribution < 1.29 is 14.4 Å². The Morgan fingerprint density at radius 1 is 1.00 bits per heavy atom. The van der Waals surface area contributed by atoms with Gasteiger partial charge in [-0.3, -0.25) is 19.7 Å². The summed E-state index contributed by atoms with van der Waals surface area (Å²) in [5.41, 5.74) is 5.21. The maximum atomic E-state index is 12.4. The highest BCUT2D eigenvalue weighted by molar-refractivity contribution is 6.03. The summed E-state index contributed by atoms with van der Waals surface area (Å²) in [6, 6.07) is 13.5. The van der Waals surface area contributed by atoms with Gasteiger partial charge >= 0.3 is 0 Å². The first kappa shape index (κ1) is 17.4. The molecule has 0 spiro atoms. The summed E-state index contributed by atoms with van der Waals surface area (Å²) in [5.74, 6) is -0.880. The van der Waals surface area contributed by atoms with Gasteiger partial charge in [-0.1, -0.05) is 30.3 Å². The summed E-state index contributed by atoms with van der Waals surface area (Å²) in [5, 5.41) is 8.57. The Morgan fingerprint density at radius 2 is 1.74 bits per heavy atom. The highest BCUT2D eigenvalue weighted by Crippen LogP contribution is 2.19. The maximum absolute atomic E-state index is 12.4. The second-order valence-electron chi connectivity index (χ2n) is 7.10. The largest absolute Gasteiger partial charge is 0.348 e. The molecule has 0 aromatic heterocycles. The van der Waals surface area contributed by atoms with E-state index in [2.05, 4.69) is 28.1 Å². The van der Waals surface area contributed by atoms with Crippen LogP contribution in [0.4, 0.5) is 0 Å². The van der Waals surface area contributed by atoms with Crippen molar-refractivity contribution >= 4 is 17.7 Å². The van der Waals surface area contributed by atoms with Crippen LogP contribution in [0.3, 0.4) is 0 Å². The van der Waals surface area contributed by atoms with E-state index in [4.69, 9.17) is 0 Å². The minimum atomic E-state index is -0.313. The number of carbonyl (C=O) groups is 3. The number of rotatable bonds is 5. The quantitative estimate of drug-likeness (QED) is 0.702. The molecule has 4 rings (SSSR count). The molecule has 1 saturated heterocycles. The number of nitrogens with one attached hydrogen (secondary N) is 3. The van der Waals surface area contributed by atoms with Crippen LogP contribution in [0.2, 0.25) is 0 Å². The SMILES string of the molecule is O=C1CC(Cc2ccc(C(=O)NCc3ccc4c(c3)CNC4)cc2)C(=O)N1. The highest BCUT2D eigenvalue weighted by Gasteiger charge is 2.30. The van der Waals surface area contributed by atoms with Crippen LogP contribution in [-0.2, 0) is 35.6 Å². The zero-order valence-corrected chi connectivity index (χ0v) is 14.9. The lowest BCUT2D eigenvalue weighted by molar-refractivity contribution is -0.125. The number of benzene rings is 2. The molecule has 6 nitrogen and oxygen atoms in total. The van der Waals surface area contributed by atoms with Crippen molar-refractivity contribution in [3.8, 4) is 0 Å². The van der Waals surface area contributed by atoms with Crippen LogP contribution < -0.4 is 16.0 Å². The zero-order valence-electron chi connectivity index (χ0n) is 14.9. The molecule has 2 aliphatic heterocycles.